The Hall–Kier alpha value is -3.74. The Bertz CT molecular complexity index is 1070. The van der Waals surface area contributed by atoms with Gasteiger partial charge in [-0.1, -0.05) is 35.9 Å². The zero-order chi connectivity index (χ0) is 20.1. The van der Waals surface area contributed by atoms with E-state index in [1.165, 1.54) is 5.56 Å². The molecule has 4 aromatic rings. The summed E-state index contributed by atoms with van der Waals surface area (Å²) >= 11 is 0. The van der Waals surface area contributed by atoms with Crippen molar-refractivity contribution in [2.75, 3.05) is 17.2 Å². The highest BCUT2D eigenvalue weighted by atomic mass is 15.1. The van der Waals surface area contributed by atoms with E-state index >= 15 is 0 Å². The third-order valence-corrected chi connectivity index (χ3v) is 4.43. The number of aromatic amines is 1. The number of nitrogens with one attached hydrogen (secondary N) is 3. The molecule has 0 aliphatic rings. The fourth-order valence-electron chi connectivity index (χ4n) is 3.01. The van der Waals surface area contributed by atoms with Crippen molar-refractivity contribution in [3.05, 3.63) is 72.3 Å². The molecule has 0 radical (unpaired) electrons. The second-order valence-corrected chi connectivity index (χ2v) is 6.64. The molecule has 7 nitrogen and oxygen atoms in total. The predicted octanol–water partition coefficient (Wildman–Crippen LogP) is 4.28. The molecular formula is C22H23N7. The Balaban J connectivity index is 1.62. The maximum absolute atomic E-state index is 4.83. The van der Waals surface area contributed by atoms with Gasteiger partial charge in [-0.25, -0.2) is 9.97 Å². The summed E-state index contributed by atoms with van der Waals surface area (Å²) < 4.78 is 0. The van der Waals surface area contributed by atoms with Crippen LogP contribution in [0.15, 0.2) is 60.9 Å². The molecule has 0 aliphatic heterocycles. The van der Waals surface area contributed by atoms with E-state index in [9.17, 15) is 0 Å². The molecule has 3 heterocycles. The van der Waals surface area contributed by atoms with Gasteiger partial charge in [-0.15, -0.1) is 0 Å². The summed E-state index contributed by atoms with van der Waals surface area (Å²) in [5, 5.41) is 6.42. The molecule has 0 unspecified atom stereocenters. The minimum Gasteiger partial charge on any atom is -0.370 e. The lowest BCUT2D eigenvalue weighted by molar-refractivity contribution is 0.967. The van der Waals surface area contributed by atoms with Gasteiger partial charge in [-0.3, -0.25) is 4.98 Å². The van der Waals surface area contributed by atoms with Crippen LogP contribution in [0.2, 0.25) is 0 Å². The molecule has 1 aromatic carbocycles. The molecule has 0 atom stereocenters. The number of anilines is 2. The van der Waals surface area contributed by atoms with Gasteiger partial charge in [0.25, 0.3) is 0 Å². The van der Waals surface area contributed by atoms with E-state index in [1.807, 2.05) is 31.2 Å². The van der Waals surface area contributed by atoms with Crippen molar-refractivity contribution in [2.45, 2.75) is 20.4 Å². The van der Waals surface area contributed by atoms with Crippen LogP contribution in [-0.4, -0.2) is 31.5 Å². The summed E-state index contributed by atoms with van der Waals surface area (Å²) in [6.07, 6.45) is 3.51. The summed E-state index contributed by atoms with van der Waals surface area (Å²) in [4.78, 5) is 21.5. The van der Waals surface area contributed by atoms with Crippen molar-refractivity contribution in [1.82, 2.24) is 24.9 Å². The monoisotopic (exact) mass is 385 g/mol. The number of benzene rings is 1. The largest absolute Gasteiger partial charge is 0.370 e. The summed E-state index contributed by atoms with van der Waals surface area (Å²) in [6.45, 7) is 5.39. The standard InChI is InChI=1S/C22H23N7/c1-3-23-18-11-13-25-22(29-18)26-14-19-27-20(16-9-7-15(2)8-10-16)21(28-19)17-6-4-5-12-24-17/h4-13H,3,14H2,1-2H3,(H,27,28)(H2,23,25,26,29). The fraction of sp³-hybridized carbons (Fsp3) is 0.182. The average Bonchev–Trinajstić information content (AvgIpc) is 3.18. The van der Waals surface area contributed by atoms with Crippen LogP contribution < -0.4 is 10.6 Å². The highest BCUT2D eigenvalue weighted by molar-refractivity contribution is 5.76. The van der Waals surface area contributed by atoms with Crippen LogP contribution in [0, 0.1) is 6.92 Å². The van der Waals surface area contributed by atoms with Gasteiger partial charge in [0.15, 0.2) is 0 Å². The minimum absolute atomic E-state index is 0.473. The number of imidazole rings is 1. The summed E-state index contributed by atoms with van der Waals surface area (Å²) in [5.41, 5.74) is 4.89. The number of pyridine rings is 1. The maximum atomic E-state index is 4.83. The van der Waals surface area contributed by atoms with Crippen molar-refractivity contribution >= 4 is 11.8 Å². The highest BCUT2D eigenvalue weighted by Crippen LogP contribution is 2.29. The lowest BCUT2D eigenvalue weighted by atomic mass is 10.1. The number of aromatic nitrogens is 5. The van der Waals surface area contributed by atoms with Crippen molar-refractivity contribution in [2.24, 2.45) is 0 Å². The molecule has 146 valence electrons. The average molecular weight is 385 g/mol. The van der Waals surface area contributed by atoms with Gasteiger partial charge < -0.3 is 15.6 Å². The third-order valence-electron chi connectivity index (χ3n) is 4.43. The number of nitrogens with zero attached hydrogens (tertiary/aromatic N) is 4. The van der Waals surface area contributed by atoms with E-state index in [4.69, 9.17) is 4.98 Å². The van der Waals surface area contributed by atoms with Crippen LogP contribution in [0.25, 0.3) is 22.6 Å². The minimum atomic E-state index is 0.473. The van der Waals surface area contributed by atoms with Crippen molar-refractivity contribution < 1.29 is 0 Å². The molecule has 4 rings (SSSR count). The van der Waals surface area contributed by atoms with Crippen LogP contribution in [-0.2, 0) is 6.54 Å². The van der Waals surface area contributed by atoms with Gasteiger partial charge in [-0.2, -0.15) is 4.98 Å². The fourth-order valence-corrected chi connectivity index (χ4v) is 3.01. The molecule has 7 heteroatoms. The predicted molar refractivity (Wildman–Crippen MR) is 116 cm³/mol. The topological polar surface area (TPSA) is 91.4 Å². The maximum Gasteiger partial charge on any atom is 0.224 e. The highest BCUT2D eigenvalue weighted by Gasteiger charge is 2.15. The first-order chi connectivity index (χ1) is 14.2. The molecule has 0 saturated heterocycles. The lowest BCUT2D eigenvalue weighted by Crippen LogP contribution is -2.07. The molecule has 3 aromatic heterocycles. The number of hydrogen-bond acceptors (Lipinski definition) is 6. The molecular weight excluding hydrogens is 362 g/mol. The van der Waals surface area contributed by atoms with Gasteiger partial charge in [0.05, 0.1) is 23.6 Å². The van der Waals surface area contributed by atoms with Gasteiger partial charge >= 0.3 is 0 Å². The van der Waals surface area contributed by atoms with Crippen LogP contribution in [0.4, 0.5) is 11.8 Å². The number of rotatable bonds is 7. The van der Waals surface area contributed by atoms with E-state index in [-0.39, 0.29) is 0 Å². The Morgan fingerprint density at radius 3 is 2.52 bits per heavy atom. The Morgan fingerprint density at radius 1 is 0.897 bits per heavy atom. The van der Waals surface area contributed by atoms with E-state index in [1.54, 1.807) is 12.4 Å². The van der Waals surface area contributed by atoms with E-state index in [0.717, 1.165) is 40.8 Å². The summed E-state index contributed by atoms with van der Waals surface area (Å²) in [5.74, 6) is 2.13. The molecule has 0 saturated carbocycles. The first kappa shape index (κ1) is 18.6. The first-order valence-electron chi connectivity index (χ1n) is 9.61. The third kappa shape index (κ3) is 4.40. The van der Waals surface area contributed by atoms with Crippen LogP contribution in [0.3, 0.4) is 0 Å². The zero-order valence-corrected chi connectivity index (χ0v) is 16.5. The molecule has 0 bridgehead atoms. The Kier molecular flexibility index (Phi) is 5.47. The normalized spacial score (nSPS) is 10.7. The first-order valence-corrected chi connectivity index (χ1v) is 9.61. The molecule has 0 aliphatic carbocycles. The van der Waals surface area contributed by atoms with Gasteiger partial charge in [0.1, 0.15) is 11.6 Å². The lowest BCUT2D eigenvalue weighted by Gasteiger charge is -2.05. The van der Waals surface area contributed by atoms with E-state index in [2.05, 4.69) is 61.8 Å². The zero-order valence-electron chi connectivity index (χ0n) is 16.5. The van der Waals surface area contributed by atoms with Crippen molar-refractivity contribution in [3.8, 4) is 22.6 Å². The van der Waals surface area contributed by atoms with Crippen molar-refractivity contribution in [3.63, 3.8) is 0 Å². The van der Waals surface area contributed by atoms with Gasteiger partial charge in [0, 0.05) is 24.5 Å². The number of H-pyrrole nitrogens is 1. The van der Waals surface area contributed by atoms with Crippen molar-refractivity contribution in [1.29, 1.82) is 0 Å². The quantitative estimate of drug-likeness (QED) is 0.440. The van der Waals surface area contributed by atoms with Gasteiger partial charge in [-0.05, 0) is 32.0 Å². The second-order valence-electron chi connectivity index (χ2n) is 6.64. The van der Waals surface area contributed by atoms with Crippen LogP contribution in [0.1, 0.15) is 18.3 Å². The smallest absolute Gasteiger partial charge is 0.224 e. The Labute approximate surface area is 169 Å². The van der Waals surface area contributed by atoms with E-state index in [0.29, 0.717) is 12.5 Å². The molecule has 29 heavy (non-hydrogen) atoms. The van der Waals surface area contributed by atoms with E-state index < -0.39 is 0 Å². The molecule has 3 N–H and O–H groups in total. The van der Waals surface area contributed by atoms with Crippen LogP contribution in [0.5, 0.6) is 0 Å². The summed E-state index contributed by atoms with van der Waals surface area (Å²) in [6, 6.07) is 16.0. The van der Waals surface area contributed by atoms with Crippen LogP contribution >= 0.6 is 0 Å². The summed E-state index contributed by atoms with van der Waals surface area (Å²) in [7, 11) is 0. The SMILES string of the molecule is CCNc1ccnc(NCc2nc(-c3ccc(C)cc3)c(-c3ccccn3)[nH]2)n1. The molecule has 0 amide bonds. The second kappa shape index (κ2) is 8.52. The molecule has 0 fully saturated rings. The molecule has 0 spiro atoms. The Morgan fingerprint density at radius 2 is 1.76 bits per heavy atom. The number of aryl methyl sites for hydroxylation is 1. The number of hydrogen-bond donors (Lipinski definition) is 3. The van der Waals surface area contributed by atoms with Gasteiger partial charge in [0.2, 0.25) is 5.95 Å².